The van der Waals surface area contributed by atoms with Gasteiger partial charge in [0.25, 0.3) is 0 Å². The number of anilines is 1. The van der Waals surface area contributed by atoms with E-state index in [1.54, 1.807) is 24.6 Å². The van der Waals surface area contributed by atoms with Crippen LogP contribution in [0.25, 0.3) is 0 Å². The maximum absolute atomic E-state index is 5.29. The highest BCUT2D eigenvalue weighted by atomic mass is 32.1. The molecule has 0 radical (unpaired) electrons. The van der Waals surface area contributed by atoms with Gasteiger partial charge in [0.2, 0.25) is 0 Å². The highest BCUT2D eigenvalue weighted by Crippen LogP contribution is 2.18. The molecular weight excluding hydrogens is 220 g/mol. The van der Waals surface area contributed by atoms with E-state index in [0.29, 0.717) is 0 Å². The van der Waals surface area contributed by atoms with Crippen LogP contribution in [0.1, 0.15) is 5.56 Å². The van der Waals surface area contributed by atoms with E-state index in [9.17, 15) is 0 Å². The molecule has 0 saturated carbocycles. The zero-order chi connectivity index (χ0) is 11.2. The molecule has 1 aromatic carbocycles. The van der Waals surface area contributed by atoms with Crippen molar-refractivity contribution in [3.63, 3.8) is 0 Å². The fourth-order valence-corrected chi connectivity index (χ4v) is 2.08. The Kier molecular flexibility index (Phi) is 3.77. The summed E-state index contributed by atoms with van der Waals surface area (Å²) in [6.45, 7) is 0.869. The minimum Gasteiger partial charge on any atom is -0.496 e. The van der Waals surface area contributed by atoms with Crippen LogP contribution < -0.4 is 10.1 Å². The van der Waals surface area contributed by atoms with Crippen molar-refractivity contribution in [3.05, 3.63) is 41.4 Å². The first kappa shape index (κ1) is 11.0. The smallest absolute Gasteiger partial charge is 0.182 e. The van der Waals surface area contributed by atoms with E-state index in [-0.39, 0.29) is 0 Å². The summed E-state index contributed by atoms with van der Waals surface area (Å²) in [4.78, 5) is 4.17. The highest BCUT2D eigenvalue weighted by Gasteiger charge is 2.01. The summed E-state index contributed by atoms with van der Waals surface area (Å²) in [5.74, 6) is 0.948. The van der Waals surface area contributed by atoms with E-state index >= 15 is 0 Å². The third-order valence-corrected chi connectivity index (χ3v) is 3.03. The van der Waals surface area contributed by atoms with Gasteiger partial charge in [-0.25, -0.2) is 4.98 Å². The SMILES string of the molecule is COc1ccccc1CCNc1nccs1. The van der Waals surface area contributed by atoms with Crippen LogP contribution in [0.5, 0.6) is 5.75 Å². The van der Waals surface area contributed by atoms with Crippen molar-refractivity contribution in [1.82, 2.24) is 4.98 Å². The lowest BCUT2D eigenvalue weighted by atomic mass is 10.1. The van der Waals surface area contributed by atoms with Crippen molar-refractivity contribution < 1.29 is 4.74 Å². The Labute approximate surface area is 99.1 Å². The molecule has 0 amide bonds. The van der Waals surface area contributed by atoms with Gasteiger partial charge < -0.3 is 10.1 Å². The average Bonchev–Trinajstić information content (AvgIpc) is 2.83. The first-order valence-corrected chi connectivity index (χ1v) is 6.03. The quantitative estimate of drug-likeness (QED) is 0.863. The second-order valence-electron chi connectivity index (χ2n) is 3.33. The molecule has 0 aliphatic heterocycles. The Hall–Kier alpha value is -1.55. The van der Waals surface area contributed by atoms with Gasteiger partial charge in [0.1, 0.15) is 5.75 Å². The van der Waals surface area contributed by atoms with E-state index in [2.05, 4.69) is 16.4 Å². The third-order valence-electron chi connectivity index (χ3n) is 2.30. The largest absolute Gasteiger partial charge is 0.496 e. The summed E-state index contributed by atoms with van der Waals surface area (Å²) >= 11 is 1.61. The molecule has 2 aromatic rings. The summed E-state index contributed by atoms with van der Waals surface area (Å²) in [5.41, 5.74) is 1.22. The highest BCUT2D eigenvalue weighted by molar-refractivity contribution is 7.13. The van der Waals surface area contributed by atoms with Gasteiger partial charge in [-0.05, 0) is 18.1 Å². The molecule has 0 spiro atoms. The van der Waals surface area contributed by atoms with Gasteiger partial charge in [0.05, 0.1) is 7.11 Å². The van der Waals surface area contributed by atoms with Gasteiger partial charge in [-0.3, -0.25) is 0 Å². The first-order valence-electron chi connectivity index (χ1n) is 5.15. The standard InChI is InChI=1S/C12H14N2OS/c1-15-11-5-3-2-4-10(11)6-7-13-12-14-8-9-16-12/h2-5,8-9H,6-7H2,1H3,(H,13,14). The third kappa shape index (κ3) is 2.73. The van der Waals surface area contributed by atoms with Crippen LogP contribution in [0.15, 0.2) is 35.8 Å². The number of methoxy groups -OCH3 is 1. The Balaban J connectivity index is 1.89. The van der Waals surface area contributed by atoms with Crippen molar-refractivity contribution in [3.8, 4) is 5.75 Å². The van der Waals surface area contributed by atoms with E-state index in [0.717, 1.165) is 23.8 Å². The fraction of sp³-hybridized carbons (Fsp3) is 0.250. The molecule has 0 aliphatic carbocycles. The molecule has 0 unspecified atom stereocenters. The van der Waals surface area contributed by atoms with Crippen LogP contribution in [-0.4, -0.2) is 18.6 Å². The molecular formula is C12H14N2OS. The number of para-hydroxylation sites is 1. The van der Waals surface area contributed by atoms with Crippen molar-refractivity contribution in [2.75, 3.05) is 19.0 Å². The van der Waals surface area contributed by atoms with Crippen LogP contribution in [0.4, 0.5) is 5.13 Å². The Morgan fingerprint density at radius 3 is 3.00 bits per heavy atom. The molecule has 0 atom stereocenters. The fourth-order valence-electron chi connectivity index (χ4n) is 1.52. The van der Waals surface area contributed by atoms with Gasteiger partial charge in [-0.15, -0.1) is 11.3 Å². The minimum atomic E-state index is 0.869. The number of hydrogen-bond acceptors (Lipinski definition) is 4. The van der Waals surface area contributed by atoms with Crippen LogP contribution in [0.3, 0.4) is 0 Å². The lowest BCUT2D eigenvalue weighted by molar-refractivity contribution is 0.410. The van der Waals surface area contributed by atoms with E-state index < -0.39 is 0 Å². The second kappa shape index (κ2) is 5.51. The van der Waals surface area contributed by atoms with Crippen molar-refractivity contribution in [2.24, 2.45) is 0 Å². The number of rotatable bonds is 5. The van der Waals surface area contributed by atoms with Crippen LogP contribution in [-0.2, 0) is 6.42 Å². The summed E-state index contributed by atoms with van der Waals surface area (Å²) in [6.07, 6.45) is 2.74. The van der Waals surface area contributed by atoms with E-state index in [4.69, 9.17) is 4.74 Å². The van der Waals surface area contributed by atoms with Gasteiger partial charge in [0, 0.05) is 18.1 Å². The molecule has 84 valence electrons. The van der Waals surface area contributed by atoms with Crippen LogP contribution >= 0.6 is 11.3 Å². The number of nitrogens with zero attached hydrogens (tertiary/aromatic N) is 1. The van der Waals surface area contributed by atoms with Gasteiger partial charge in [-0.1, -0.05) is 18.2 Å². The van der Waals surface area contributed by atoms with E-state index in [1.807, 2.05) is 23.6 Å². The lowest BCUT2D eigenvalue weighted by Crippen LogP contribution is -2.05. The van der Waals surface area contributed by atoms with Crippen molar-refractivity contribution in [1.29, 1.82) is 0 Å². The summed E-state index contributed by atoms with van der Waals surface area (Å²) < 4.78 is 5.29. The zero-order valence-electron chi connectivity index (χ0n) is 9.14. The number of benzene rings is 1. The van der Waals surface area contributed by atoms with Crippen LogP contribution in [0.2, 0.25) is 0 Å². The summed E-state index contributed by atoms with van der Waals surface area (Å²) in [7, 11) is 1.70. The number of nitrogens with one attached hydrogen (secondary N) is 1. The normalized spacial score (nSPS) is 10.1. The van der Waals surface area contributed by atoms with Crippen molar-refractivity contribution >= 4 is 16.5 Å². The molecule has 0 aliphatic rings. The molecule has 16 heavy (non-hydrogen) atoms. The monoisotopic (exact) mass is 234 g/mol. The predicted octanol–water partition coefficient (Wildman–Crippen LogP) is 2.81. The number of thiazole rings is 1. The van der Waals surface area contributed by atoms with Crippen LogP contribution in [0, 0.1) is 0 Å². The molecule has 0 saturated heterocycles. The Bertz CT molecular complexity index is 428. The summed E-state index contributed by atoms with van der Waals surface area (Å²) in [5, 5.41) is 6.21. The van der Waals surface area contributed by atoms with Gasteiger partial charge >= 0.3 is 0 Å². The average molecular weight is 234 g/mol. The molecule has 0 fully saturated rings. The minimum absolute atomic E-state index is 0.869. The first-order chi connectivity index (χ1) is 7.90. The maximum atomic E-state index is 5.29. The topological polar surface area (TPSA) is 34.1 Å². The molecule has 0 bridgehead atoms. The second-order valence-corrected chi connectivity index (χ2v) is 4.22. The Morgan fingerprint density at radius 2 is 2.25 bits per heavy atom. The molecule has 4 heteroatoms. The molecule has 2 rings (SSSR count). The molecule has 1 aromatic heterocycles. The summed E-state index contributed by atoms with van der Waals surface area (Å²) in [6, 6.07) is 8.08. The lowest BCUT2D eigenvalue weighted by Gasteiger charge is -2.08. The number of hydrogen-bond donors (Lipinski definition) is 1. The zero-order valence-corrected chi connectivity index (χ0v) is 9.96. The predicted molar refractivity (Wildman–Crippen MR) is 67.3 cm³/mol. The van der Waals surface area contributed by atoms with Gasteiger partial charge in [-0.2, -0.15) is 0 Å². The molecule has 1 N–H and O–H groups in total. The maximum Gasteiger partial charge on any atom is 0.182 e. The number of aromatic nitrogens is 1. The molecule has 1 heterocycles. The Morgan fingerprint density at radius 1 is 1.38 bits per heavy atom. The number of ether oxygens (including phenoxy) is 1. The molecule has 3 nitrogen and oxygen atoms in total. The van der Waals surface area contributed by atoms with Gasteiger partial charge in [0.15, 0.2) is 5.13 Å². The van der Waals surface area contributed by atoms with E-state index in [1.165, 1.54) is 5.56 Å². The van der Waals surface area contributed by atoms with Crippen molar-refractivity contribution in [2.45, 2.75) is 6.42 Å².